The molecular formula is C17H14F3N3O3. The van der Waals surface area contributed by atoms with Gasteiger partial charge >= 0.3 is 12.1 Å². The molecule has 26 heavy (non-hydrogen) atoms. The van der Waals surface area contributed by atoms with Crippen molar-refractivity contribution in [3.8, 4) is 0 Å². The van der Waals surface area contributed by atoms with Crippen LogP contribution in [0.2, 0.25) is 0 Å². The number of nitrogens with zero attached hydrogens (tertiary/aromatic N) is 1. The predicted octanol–water partition coefficient (Wildman–Crippen LogP) is 2.29. The fourth-order valence-corrected chi connectivity index (χ4v) is 1.98. The first-order chi connectivity index (χ1) is 12.2. The number of hydrogen-bond acceptors (Lipinski definition) is 3. The first-order valence-corrected chi connectivity index (χ1v) is 7.31. The summed E-state index contributed by atoms with van der Waals surface area (Å²) in [6, 6.07) is 14.1. The van der Waals surface area contributed by atoms with Crippen LogP contribution in [0.4, 0.5) is 18.9 Å². The molecule has 0 aliphatic rings. The van der Waals surface area contributed by atoms with Crippen LogP contribution in [0.25, 0.3) is 0 Å². The van der Waals surface area contributed by atoms with Crippen LogP contribution in [-0.4, -0.2) is 30.9 Å². The SMILES string of the molecule is CN(C(=O)c1ccc(C(=O)NNC(=O)C(F)(F)F)cc1)c1ccccc1. The summed E-state index contributed by atoms with van der Waals surface area (Å²) < 4.78 is 36.2. The Morgan fingerprint density at radius 2 is 1.38 bits per heavy atom. The van der Waals surface area contributed by atoms with Gasteiger partial charge in [0.15, 0.2) is 0 Å². The van der Waals surface area contributed by atoms with Crippen molar-refractivity contribution in [2.24, 2.45) is 0 Å². The van der Waals surface area contributed by atoms with Crippen molar-refractivity contribution >= 4 is 23.4 Å². The highest BCUT2D eigenvalue weighted by Gasteiger charge is 2.39. The number of anilines is 1. The van der Waals surface area contributed by atoms with Crippen molar-refractivity contribution in [2.75, 3.05) is 11.9 Å². The third kappa shape index (κ3) is 4.59. The number of hydrazine groups is 1. The highest BCUT2D eigenvalue weighted by molar-refractivity contribution is 6.06. The summed E-state index contributed by atoms with van der Waals surface area (Å²) in [5.41, 5.74) is 3.85. The predicted molar refractivity (Wildman–Crippen MR) is 87.3 cm³/mol. The number of carbonyl (C=O) groups is 3. The van der Waals surface area contributed by atoms with Gasteiger partial charge in [0, 0.05) is 23.9 Å². The van der Waals surface area contributed by atoms with Gasteiger partial charge in [-0.1, -0.05) is 18.2 Å². The molecule has 0 aliphatic carbocycles. The molecule has 0 heterocycles. The lowest BCUT2D eigenvalue weighted by atomic mass is 10.1. The van der Waals surface area contributed by atoms with E-state index in [-0.39, 0.29) is 17.0 Å². The zero-order chi connectivity index (χ0) is 19.3. The second-order valence-corrected chi connectivity index (χ2v) is 5.18. The maximum Gasteiger partial charge on any atom is 0.472 e. The van der Waals surface area contributed by atoms with Gasteiger partial charge in [0.25, 0.3) is 11.8 Å². The van der Waals surface area contributed by atoms with Gasteiger partial charge in [0.1, 0.15) is 0 Å². The summed E-state index contributed by atoms with van der Waals surface area (Å²) in [5, 5.41) is 0. The van der Waals surface area contributed by atoms with E-state index in [2.05, 4.69) is 0 Å². The van der Waals surface area contributed by atoms with Crippen molar-refractivity contribution in [1.29, 1.82) is 0 Å². The van der Waals surface area contributed by atoms with Crippen LogP contribution in [0.3, 0.4) is 0 Å². The van der Waals surface area contributed by atoms with Crippen LogP contribution < -0.4 is 15.8 Å². The number of alkyl halides is 3. The van der Waals surface area contributed by atoms with Gasteiger partial charge in [-0.25, -0.2) is 0 Å². The molecule has 2 rings (SSSR count). The Kier molecular flexibility index (Phi) is 5.61. The Balaban J connectivity index is 2.02. The largest absolute Gasteiger partial charge is 0.472 e. The summed E-state index contributed by atoms with van der Waals surface area (Å²) in [6.45, 7) is 0. The minimum Gasteiger partial charge on any atom is -0.311 e. The highest BCUT2D eigenvalue weighted by atomic mass is 19.4. The van der Waals surface area contributed by atoms with E-state index in [9.17, 15) is 27.6 Å². The Morgan fingerprint density at radius 1 is 0.846 bits per heavy atom. The number of rotatable bonds is 3. The average Bonchev–Trinajstić information content (AvgIpc) is 2.64. The monoisotopic (exact) mass is 365 g/mol. The minimum absolute atomic E-state index is 0.0219. The van der Waals surface area contributed by atoms with Crippen molar-refractivity contribution < 1.29 is 27.6 Å². The number of amides is 3. The normalized spacial score (nSPS) is 10.8. The lowest BCUT2D eigenvalue weighted by molar-refractivity contribution is -0.174. The quantitative estimate of drug-likeness (QED) is 0.820. The minimum atomic E-state index is -5.11. The third-order valence-electron chi connectivity index (χ3n) is 3.39. The van der Waals surface area contributed by atoms with E-state index >= 15 is 0 Å². The third-order valence-corrected chi connectivity index (χ3v) is 3.39. The summed E-state index contributed by atoms with van der Waals surface area (Å²) in [5.74, 6) is -3.56. The summed E-state index contributed by atoms with van der Waals surface area (Å²) in [7, 11) is 1.59. The van der Waals surface area contributed by atoms with Crippen molar-refractivity contribution in [3.05, 3.63) is 65.7 Å². The molecule has 0 radical (unpaired) electrons. The number of carbonyl (C=O) groups excluding carboxylic acids is 3. The smallest absolute Gasteiger partial charge is 0.311 e. The van der Waals surface area contributed by atoms with Gasteiger partial charge in [0.05, 0.1) is 0 Å². The Labute approximate surface area is 146 Å². The lowest BCUT2D eigenvalue weighted by Crippen LogP contribution is -2.47. The Morgan fingerprint density at radius 3 is 1.92 bits per heavy atom. The molecule has 6 nitrogen and oxygen atoms in total. The molecule has 136 valence electrons. The van der Waals surface area contributed by atoms with Gasteiger partial charge in [-0.15, -0.1) is 0 Å². The maximum atomic E-state index is 12.4. The van der Waals surface area contributed by atoms with Crippen LogP contribution >= 0.6 is 0 Å². The highest BCUT2D eigenvalue weighted by Crippen LogP contribution is 2.16. The zero-order valence-corrected chi connectivity index (χ0v) is 13.5. The number of halogens is 3. The second kappa shape index (κ2) is 7.68. The van der Waals surface area contributed by atoms with E-state index in [0.29, 0.717) is 5.69 Å². The zero-order valence-electron chi connectivity index (χ0n) is 13.5. The molecule has 3 amide bonds. The van der Waals surface area contributed by atoms with Gasteiger partial charge < -0.3 is 4.90 Å². The van der Waals surface area contributed by atoms with Crippen LogP contribution in [0.1, 0.15) is 20.7 Å². The van der Waals surface area contributed by atoms with Crippen LogP contribution in [0.15, 0.2) is 54.6 Å². The van der Waals surface area contributed by atoms with E-state index in [1.54, 1.807) is 36.7 Å². The van der Waals surface area contributed by atoms with Gasteiger partial charge in [-0.05, 0) is 36.4 Å². The molecule has 0 atom stereocenters. The summed E-state index contributed by atoms with van der Waals surface area (Å²) in [4.78, 5) is 36.2. The van der Waals surface area contributed by atoms with Crippen LogP contribution in [0.5, 0.6) is 0 Å². The summed E-state index contributed by atoms with van der Waals surface area (Å²) in [6.07, 6.45) is -5.11. The fourth-order valence-electron chi connectivity index (χ4n) is 1.98. The standard InChI is InChI=1S/C17H14F3N3O3/c1-23(13-5-3-2-4-6-13)15(25)12-9-7-11(8-10-12)14(24)21-22-16(26)17(18,19)20/h2-10H,1H3,(H,21,24)(H,22,26). The molecule has 2 aromatic carbocycles. The van der Waals surface area contributed by atoms with Gasteiger partial charge in [0.2, 0.25) is 0 Å². The summed E-state index contributed by atoms with van der Waals surface area (Å²) >= 11 is 0. The van der Waals surface area contributed by atoms with E-state index in [1.165, 1.54) is 34.6 Å². The first-order valence-electron chi connectivity index (χ1n) is 7.31. The van der Waals surface area contributed by atoms with E-state index in [0.717, 1.165) is 0 Å². The molecule has 0 aliphatic heterocycles. The molecule has 0 aromatic heterocycles. The molecular weight excluding hydrogens is 351 g/mol. The van der Waals surface area contributed by atoms with Gasteiger partial charge in [-0.3, -0.25) is 25.2 Å². The molecule has 0 spiro atoms. The number of para-hydroxylation sites is 1. The average molecular weight is 365 g/mol. The molecule has 0 bridgehead atoms. The molecule has 2 aromatic rings. The van der Waals surface area contributed by atoms with Crippen molar-refractivity contribution in [3.63, 3.8) is 0 Å². The molecule has 0 saturated carbocycles. The molecule has 9 heteroatoms. The van der Waals surface area contributed by atoms with Crippen LogP contribution in [-0.2, 0) is 4.79 Å². The lowest BCUT2D eigenvalue weighted by Gasteiger charge is -2.17. The first kappa shape index (κ1) is 19.0. The molecule has 0 saturated heterocycles. The maximum absolute atomic E-state index is 12.4. The van der Waals surface area contributed by atoms with Crippen LogP contribution in [0, 0.1) is 0 Å². The van der Waals surface area contributed by atoms with E-state index in [1.807, 2.05) is 6.07 Å². The second-order valence-electron chi connectivity index (χ2n) is 5.18. The van der Waals surface area contributed by atoms with Crippen molar-refractivity contribution in [1.82, 2.24) is 10.9 Å². The van der Waals surface area contributed by atoms with E-state index < -0.39 is 18.0 Å². The Bertz CT molecular complexity index is 805. The number of nitrogens with one attached hydrogen (secondary N) is 2. The molecule has 0 unspecified atom stereocenters. The Hall–Kier alpha value is -3.36. The number of benzene rings is 2. The number of hydrogen-bond donors (Lipinski definition) is 2. The van der Waals surface area contributed by atoms with E-state index in [4.69, 9.17) is 0 Å². The molecule has 0 fully saturated rings. The fraction of sp³-hybridized carbons (Fsp3) is 0.118. The van der Waals surface area contributed by atoms with Gasteiger partial charge in [-0.2, -0.15) is 13.2 Å². The topological polar surface area (TPSA) is 78.5 Å². The molecule has 2 N–H and O–H groups in total. The van der Waals surface area contributed by atoms with Crippen molar-refractivity contribution in [2.45, 2.75) is 6.18 Å².